The summed E-state index contributed by atoms with van der Waals surface area (Å²) in [7, 11) is 1.89. The average Bonchev–Trinajstić information content (AvgIpc) is 2.81. The molecule has 0 fully saturated rings. The molecule has 2 aromatic rings. The van der Waals surface area contributed by atoms with Crippen LogP contribution in [0.4, 0.5) is 5.69 Å². The Balaban J connectivity index is 2.23. The van der Waals surface area contributed by atoms with Crippen molar-refractivity contribution in [1.29, 1.82) is 0 Å². The molecule has 7 heteroatoms. The smallest absolute Gasteiger partial charge is 0.269 e. The number of nitrogens with zero attached hydrogens (tertiary/aromatic N) is 5. The van der Waals surface area contributed by atoms with E-state index < -0.39 is 0 Å². The van der Waals surface area contributed by atoms with Gasteiger partial charge in [0, 0.05) is 32.7 Å². The van der Waals surface area contributed by atoms with Crippen LogP contribution in [0.25, 0.3) is 0 Å². The van der Waals surface area contributed by atoms with E-state index >= 15 is 0 Å². The first-order valence-corrected chi connectivity index (χ1v) is 7.06. The highest BCUT2D eigenvalue weighted by atomic mass is 16.1. The van der Waals surface area contributed by atoms with Gasteiger partial charge in [-0.05, 0) is 19.9 Å². The zero-order chi connectivity index (χ0) is 15.4. The Morgan fingerprint density at radius 2 is 2.10 bits per heavy atom. The number of rotatable bonds is 6. The number of nitrogens with two attached hydrogens (primary N) is 1. The van der Waals surface area contributed by atoms with Gasteiger partial charge in [0.1, 0.15) is 0 Å². The van der Waals surface area contributed by atoms with Gasteiger partial charge in [0.05, 0.1) is 29.8 Å². The Labute approximate surface area is 124 Å². The van der Waals surface area contributed by atoms with E-state index in [0.717, 1.165) is 23.6 Å². The maximum absolute atomic E-state index is 12.2. The molecule has 2 N–H and O–H groups in total. The lowest BCUT2D eigenvalue weighted by Crippen LogP contribution is -2.29. The normalized spacial score (nSPS) is 10.9. The third-order valence-electron chi connectivity index (χ3n) is 3.36. The zero-order valence-corrected chi connectivity index (χ0v) is 12.8. The lowest BCUT2D eigenvalue weighted by atomic mass is 10.3. The fourth-order valence-electron chi connectivity index (χ4n) is 2.23. The minimum atomic E-state index is -0.127. The summed E-state index contributed by atoms with van der Waals surface area (Å²) >= 11 is 0. The lowest BCUT2D eigenvalue weighted by Gasteiger charge is -2.17. The highest BCUT2D eigenvalue weighted by molar-refractivity contribution is 5.41. The molecule has 0 aliphatic carbocycles. The molecule has 7 nitrogen and oxygen atoms in total. The molecule has 0 aromatic carbocycles. The average molecular weight is 290 g/mol. The second-order valence-electron chi connectivity index (χ2n) is 5.01. The van der Waals surface area contributed by atoms with Crippen LogP contribution in [0, 0.1) is 6.92 Å². The van der Waals surface area contributed by atoms with Crippen molar-refractivity contribution >= 4 is 5.69 Å². The van der Waals surface area contributed by atoms with Gasteiger partial charge in [-0.2, -0.15) is 10.2 Å². The van der Waals surface area contributed by atoms with Gasteiger partial charge in [0.2, 0.25) is 0 Å². The molecule has 2 heterocycles. The summed E-state index contributed by atoms with van der Waals surface area (Å²) in [4.78, 5) is 14.1. The molecule has 2 aromatic heterocycles. The number of hydrogen-bond acceptors (Lipinski definition) is 5. The van der Waals surface area contributed by atoms with E-state index in [9.17, 15) is 4.79 Å². The topological polar surface area (TPSA) is 82.0 Å². The molecule has 0 saturated carbocycles. The predicted molar refractivity (Wildman–Crippen MR) is 82.6 cm³/mol. The molecule has 0 atom stereocenters. The number of aromatic nitrogens is 4. The first-order chi connectivity index (χ1) is 10.0. The van der Waals surface area contributed by atoms with Crippen LogP contribution in [0.1, 0.15) is 18.3 Å². The second-order valence-corrected chi connectivity index (χ2v) is 5.01. The van der Waals surface area contributed by atoms with Crippen LogP contribution in [-0.2, 0) is 13.1 Å². The first kappa shape index (κ1) is 15.2. The number of aryl methyl sites for hydroxylation is 2. The van der Waals surface area contributed by atoms with Crippen molar-refractivity contribution in [3.63, 3.8) is 0 Å². The molecule has 0 spiro atoms. The third-order valence-corrected chi connectivity index (χ3v) is 3.36. The molecule has 0 amide bonds. The van der Waals surface area contributed by atoms with Gasteiger partial charge in [-0.3, -0.25) is 9.48 Å². The Bertz CT molecular complexity index is 660. The lowest BCUT2D eigenvalue weighted by molar-refractivity contribution is 0.558. The van der Waals surface area contributed by atoms with E-state index in [1.165, 1.54) is 4.68 Å². The molecular weight excluding hydrogens is 268 g/mol. The molecule has 0 bridgehead atoms. The Morgan fingerprint density at radius 3 is 2.71 bits per heavy atom. The van der Waals surface area contributed by atoms with Gasteiger partial charge >= 0.3 is 0 Å². The highest BCUT2D eigenvalue weighted by Crippen LogP contribution is 2.08. The van der Waals surface area contributed by atoms with Crippen molar-refractivity contribution in [2.24, 2.45) is 5.73 Å². The van der Waals surface area contributed by atoms with E-state index in [0.29, 0.717) is 19.6 Å². The van der Waals surface area contributed by atoms with Crippen LogP contribution in [0.15, 0.2) is 23.1 Å². The van der Waals surface area contributed by atoms with Gasteiger partial charge in [-0.15, -0.1) is 0 Å². The SMILES string of the molecule is CCn1nc(C)cc1Cn1ncc(N(C)CCN)cc1=O. The quantitative estimate of drug-likeness (QED) is 0.822. The van der Waals surface area contributed by atoms with Crippen LogP contribution in [0.2, 0.25) is 0 Å². The summed E-state index contributed by atoms with van der Waals surface area (Å²) in [5.74, 6) is 0. The van der Waals surface area contributed by atoms with Crippen LogP contribution in [0.5, 0.6) is 0 Å². The molecule has 0 saturated heterocycles. The fourth-order valence-corrected chi connectivity index (χ4v) is 2.23. The van der Waals surface area contributed by atoms with Crippen molar-refractivity contribution in [3.05, 3.63) is 40.1 Å². The Hall–Kier alpha value is -2.15. The summed E-state index contributed by atoms with van der Waals surface area (Å²) in [6.07, 6.45) is 1.69. The molecule has 2 rings (SSSR count). The number of anilines is 1. The summed E-state index contributed by atoms with van der Waals surface area (Å²) < 4.78 is 3.33. The van der Waals surface area contributed by atoms with Crippen molar-refractivity contribution < 1.29 is 0 Å². The molecule has 21 heavy (non-hydrogen) atoms. The van der Waals surface area contributed by atoms with Crippen molar-refractivity contribution in [2.75, 3.05) is 25.0 Å². The number of hydrogen-bond donors (Lipinski definition) is 1. The maximum Gasteiger partial charge on any atom is 0.269 e. The van der Waals surface area contributed by atoms with Crippen LogP contribution < -0.4 is 16.2 Å². The van der Waals surface area contributed by atoms with Crippen molar-refractivity contribution in [3.8, 4) is 0 Å². The summed E-state index contributed by atoms with van der Waals surface area (Å²) in [5.41, 5.74) is 8.09. The highest BCUT2D eigenvalue weighted by Gasteiger charge is 2.08. The van der Waals surface area contributed by atoms with E-state index in [1.807, 2.05) is 36.5 Å². The molecule has 0 radical (unpaired) electrons. The van der Waals surface area contributed by atoms with Gasteiger partial charge in [0.15, 0.2) is 0 Å². The van der Waals surface area contributed by atoms with Gasteiger partial charge in [0.25, 0.3) is 5.56 Å². The van der Waals surface area contributed by atoms with E-state index in [4.69, 9.17) is 5.73 Å². The molecule has 0 aliphatic rings. The van der Waals surface area contributed by atoms with Gasteiger partial charge in [-0.1, -0.05) is 0 Å². The monoisotopic (exact) mass is 290 g/mol. The zero-order valence-electron chi connectivity index (χ0n) is 12.8. The second kappa shape index (κ2) is 6.53. The summed E-state index contributed by atoms with van der Waals surface area (Å²) in [6.45, 7) is 6.39. The third kappa shape index (κ3) is 3.49. The molecular formula is C14H22N6O. The standard InChI is InChI=1S/C14H22N6O/c1-4-19-13(7-11(2)17-19)10-20-14(21)8-12(9-16-20)18(3)6-5-15/h7-9H,4-6,10,15H2,1-3H3. The minimum Gasteiger partial charge on any atom is -0.372 e. The van der Waals surface area contributed by atoms with Gasteiger partial charge < -0.3 is 10.6 Å². The van der Waals surface area contributed by atoms with E-state index in [2.05, 4.69) is 10.2 Å². The van der Waals surface area contributed by atoms with Crippen LogP contribution in [0.3, 0.4) is 0 Å². The first-order valence-electron chi connectivity index (χ1n) is 7.06. The molecule has 0 aliphatic heterocycles. The van der Waals surface area contributed by atoms with Crippen molar-refractivity contribution in [2.45, 2.75) is 26.9 Å². The summed E-state index contributed by atoms with van der Waals surface area (Å²) in [5, 5.41) is 8.62. The van der Waals surface area contributed by atoms with E-state index in [1.54, 1.807) is 12.3 Å². The fraction of sp³-hybridized carbons (Fsp3) is 0.500. The maximum atomic E-state index is 12.2. The predicted octanol–water partition coefficient (Wildman–Crippen LogP) is 0.211. The Kier molecular flexibility index (Phi) is 4.74. The van der Waals surface area contributed by atoms with Crippen molar-refractivity contribution in [1.82, 2.24) is 19.6 Å². The van der Waals surface area contributed by atoms with E-state index in [-0.39, 0.29) is 5.56 Å². The van der Waals surface area contributed by atoms with Crippen LogP contribution in [-0.4, -0.2) is 39.7 Å². The largest absolute Gasteiger partial charge is 0.372 e. The minimum absolute atomic E-state index is 0.127. The molecule has 114 valence electrons. The Morgan fingerprint density at radius 1 is 1.33 bits per heavy atom. The van der Waals surface area contributed by atoms with Gasteiger partial charge in [-0.25, -0.2) is 4.68 Å². The molecule has 0 unspecified atom stereocenters. The number of likely N-dealkylation sites (N-methyl/N-ethyl adjacent to an activating group) is 1. The van der Waals surface area contributed by atoms with Crippen LogP contribution >= 0.6 is 0 Å². The summed E-state index contributed by atoms with van der Waals surface area (Å²) in [6, 6.07) is 3.56.